The highest BCUT2D eigenvalue weighted by atomic mass is 35.5. The molecule has 3 rings (SSSR count). The Bertz CT molecular complexity index is 795. The van der Waals surface area contributed by atoms with Crippen molar-refractivity contribution in [1.82, 2.24) is 9.38 Å². The molecule has 0 atom stereocenters. The molecule has 0 fully saturated rings. The van der Waals surface area contributed by atoms with Crippen LogP contribution in [0.1, 0.15) is 5.56 Å². The largest absolute Gasteiger partial charge is 0.496 e. The van der Waals surface area contributed by atoms with E-state index in [2.05, 4.69) is 4.98 Å². The second kappa shape index (κ2) is 4.72. The molecule has 2 aromatic heterocycles. The fraction of sp³-hybridized carbons (Fsp3) is 0.133. The highest BCUT2D eigenvalue weighted by Crippen LogP contribution is 2.28. The van der Waals surface area contributed by atoms with Crippen LogP contribution in [-0.2, 0) is 0 Å². The molecule has 102 valence electrons. The average molecular weight is 288 g/mol. The molecular formula is C15H14ClN3O. The van der Waals surface area contributed by atoms with Crippen molar-refractivity contribution >= 4 is 22.9 Å². The van der Waals surface area contributed by atoms with E-state index in [1.807, 2.05) is 41.9 Å². The second-order valence-electron chi connectivity index (χ2n) is 4.62. The molecule has 3 aromatic rings. The lowest BCUT2D eigenvalue weighted by atomic mass is 10.1. The van der Waals surface area contributed by atoms with Crippen molar-refractivity contribution in [2.45, 2.75) is 6.92 Å². The maximum atomic E-state index is 6.01. The van der Waals surface area contributed by atoms with Gasteiger partial charge in [0.05, 0.1) is 23.5 Å². The van der Waals surface area contributed by atoms with Crippen molar-refractivity contribution in [3.8, 4) is 17.0 Å². The molecular weight excluding hydrogens is 274 g/mol. The normalized spacial score (nSPS) is 10.9. The molecule has 0 saturated heterocycles. The first kappa shape index (κ1) is 12.8. The Balaban J connectivity index is 2.15. The fourth-order valence-electron chi connectivity index (χ4n) is 2.23. The zero-order valence-electron chi connectivity index (χ0n) is 11.2. The van der Waals surface area contributed by atoms with Crippen LogP contribution in [0.4, 0.5) is 5.69 Å². The minimum Gasteiger partial charge on any atom is -0.496 e. The maximum absolute atomic E-state index is 6.01. The van der Waals surface area contributed by atoms with Gasteiger partial charge in [-0.2, -0.15) is 0 Å². The molecule has 4 nitrogen and oxygen atoms in total. The number of hydrogen-bond acceptors (Lipinski definition) is 3. The number of pyridine rings is 1. The Morgan fingerprint density at radius 1 is 1.30 bits per heavy atom. The number of anilines is 1. The molecule has 0 aliphatic rings. The van der Waals surface area contributed by atoms with Gasteiger partial charge in [-0.15, -0.1) is 0 Å². The maximum Gasteiger partial charge on any atom is 0.162 e. The van der Waals surface area contributed by atoms with Crippen molar-refractivity contribution in [1.29, 1.82) is 0 Å². The first-order valence-corrected chi connectivity index (χ1v) is 6.55. The minimum atomic E-state index is 0.491. The summed E-state index contributed by atoms with van der Waals surface area (Å²) in [6.45, 7) is 2.00. The van der Waals surface area contributed by atoms with E-state index in [1.165, 1.54) is 0 Å². The summed E-state index contributed by atoms with van der Waals surface area (Å²) >= 11 is 6.01. The quantitative estimate of drug-likeness (QED) is 0.784. The number of rotatable bonds is 2. The molecule has 0 aliphatic heterocycles. The third kappa shape index (κ3) is 1.98. The zero-order chi connectivity index (χ0) is 14.3. The molecule has 0 saturated carbocycles. The Kier molecular flexibility index (Phi) is 3.03. The summed E-state index contributed by atoms with van der Waals surface area (Å²) in [7, 11) is 1.66. The van der Waals surface area contributed by atoms with Gasteiger partial charge >= 0.3 is 0 Å². The third-order valence-electron chi connectivity index (χ3n) is 3.30. The molecule has 0 radical (unpaired) electrons. The standard InChI is InChI=1S/C15H14ClN3O/c1-9-7-10(3-4-13(9)20-2)12-8-19-6-5-11(16)14(17)15(19)18-12/h3-8H,17H2,1-2H3. The number of fused-ring (bicyclic) bond motifs is 1. The van der Waals surface area contributed by atoms with Crippen LogP contribution in [-0.4, -0.2) is 16.5 Å². The summed E-state index contributed by atoms with van der Waals surface area (Å²) in [5.74, 6) is 0.861. The Morgan fingerprint density at radius 2 is 2.10 bits per heavy atom. The summed E-state index contributed by atoms with van der Waals surface area (Å²) in [5, 5.41) is 0.514. The molecule has 0 unspecified atom stereocenters. The van der Waals surface area contributed by atoms with Crippen LogP contribution >= 0.6 is 11.6 Å². The van der Waals surface area contributed by atoms with Gasteiger partial charge in [0, 0.05) is 18.0 Å². The van der Waals surface area contributed by atoms with Gasteiger partial charge in [-0.05, 0) is 36.8 Å². The Hall–Kier alpha value is -2.20. The number of benzene rings is 1. The number of nitrogens with zero attached hydrogens (tertiary/aromatic N) is 2. The average Bonchev–Trinajstić information content (AvgIpc) is 2.88. The van der Waals surface area contributed by atoms with E-state index in [0.29, 0.717) is 16.4 Å². The smallest absolute Gasteiger partial charge is 0.162 e. The van der Waals surface area contributed by atoms with E-state index in [1.54, 1.807) is 13.2 Å². The summed E-state index contributed by atoms with van der Waals surface area (Å²) in [4.78, 5) is 4.55. The first-order chi connectivity index (χ1) is 9.60. The molecule has 2 N–H and O–H groups in total. The summed E-state index contributed by atoms with van der Waals surface area (Å²) < 4.78 is 7.14. The predicted molar refractivity (Wildman–Crippen MR) is 81.3 cm³/mol. The molecule has 5 heteroatoms. The van der Waals surface area contributed by atoms with Crippen LogP contribution in [0.25, 0.3) is 16.9 Å². The van der Waals surface area contributed by atoms with Crippen LogP contribution in [0.15, 0.2) is 36.7 Å². The monoisotopic (exact) mass is 287 g/mol. The molecule has 20 heavy (non-hydrogen) atoms. The number of imidazole rings is 1. The number of aryl methyl sites for hydroxylation is 1. The highest BCUT2D eigenvalue weighted by molar-refractivity contribution is 6.33. The van der Waals surface area contributed by atoms with E-state index in [4.69, 9.17) is 22.1 Å². The van der Waals surface area contributed by atoms with Crippen LogP contribution in [0.5, 0.6) is 5.75 Å². The number of nitrogens with two attached hydrogens (primary N) is 1. The minimum absolute atomic E-state index is 0.491. The van der Waals surface area contributed by atoms with Crippen molar-refractivity contribution in [2.24, 2.45) is 0 Å². The number of nitrogen functional groups attached to an aromatic ring is 1. The van der Waals surface area contributed by atoms with Crippen molar-refractivity contribution < 1.29 is 4.74 Å². The fourth-order valence-corrected chi connectivity index (χ4v) is 2.37. The van der Waals surface area contributed by atoms with Crippen molar-refractivity contribution in [3.05, 3.63) is 47.2 Å². The van der Waals surface area contributed by atoms with Crippen LogP contribution < -0.4 is 10.5 Å². The third-order valence-corrected chi connectivity index (χ3v) is 3.63. The van der Waals surface area contributed by atoms with E-state index < -0.39 is 0 Å². The molecule has 0 bridgehead atoms. The van der Waals surface area contributed by atoms with Crippen molar-refractivity contribution in [2.75, 3.05) is 12.8 Å². The van der Waals surface area contributed by atoms with Gasteiger partial charge in [-0.25, -0.2) is 4.98 Å². The molecule has 0 aliphatic carbocycles. The van der Waals surface area contributed by atoms with Gasteiger partial charge in [-0.1, -0.05) is 11.6 Å². The molecule has 0 spiro atoms. The van der Waals surface area contributed by atoms with Gasteiger partial charge in [0.2, 0.25) is 0 Å². The summed E-state index contributed by atoms with van der Waals surface area (Å²) in [6, 6.07) is 7.71. The van der Waals surface area contributed by atoms with E-state index in [9.17, 15) is 0 Å². The van der Waals surface area contributed by atoms with Crippen LogP contribution in [0.3, 0.4) is 0 Å². The topological polar surface area (TPSA) is 52.5 Å². The summed E-state index contributed by atoms with van der Waals surface area (Å²) in [5.41, 5.74) is 10.0. The Morgan fingerprint density at radius 3 is 2.80 bits per heavy atom. The Labute approximate surface area is 121 Å². The van der Waals surface area contributed by atoms with Gasteiger partial charge < -0.3 is 14.9 Å². The number of aromatic nitrogens is 2. The van der Waals surface area contributed by atoms with Gasteiger partial charge in [0.15, 0.2) is 5.65 Å². The molecule has 0 amide bonds. The van der Waals surface area contributed by atoms with E-state index in [-0.39, 0.29) is 0 Å². The lowest BCUT2D eigenvalue weighted by Gasteiger charge is -2.05. The zero-order valence-corrected chi connectivity index (χ0v) is 12.0. The first-order valence-electron chi connectivity index (χ1n) is 6.18. The highest BCUT2D eigenvalue weighted by Gasteiger charge is 2.10. The SMILES string of the molecule is COc1ccc(-c2cn3ccc(Cl)c(N)c3n2)cc1C. The van der Waals surface area contributed by atoms with Crippen molar-refractivity contribution in [3.63, 3.8) is 0 Å². The van der Waals surface area contributed by atoms with Gasteiger partial charge in [0.25, 0.3) is 0 Å². The van der Waals surface area contributed by atoms with E-state index >= 15 is 0 Å². The predicted octanol–water partition coefficient (Wildman–Crippen LogP) is 3.55. The number of ether oxygens (including phenoxy) is 1. The van der Waals surface area contributed by atoms with E-state index in [0.717, 1.165) is 22.6 Å². The van der Waals surface area contributed by atoms with Gasteiger partial charge in [0.1, 0.15) is 5.75 Å². The second-order valence-corrected chi connectivity index (χ2v) is 5.03. The number of methoxy groups -OCH3 is 1. The van der Waals surface area contributed by atoms with Gasteiger partial charge in [-0.3, -0.25) is 0 Å². The molecule has 1 aromatic carbocycles. The number of hydrogen-bond donors (Lipinski definition) is 1. The lowest BCUT2D eigenvalue weighted by molar-refractivity contribution is 0.412. The van der Waals surface area contributed by atoms with Crippen LogP contribution in [0.2, 0.25) is 5.02 Å². The molecule has 2 heterocycles. The summed E-state index contributed by atoms with van der Waals surface area (Å²) in [6.07, 6.45) is 3.78. The van der Waals surface area contributed by atoms with Crippen LogP contribution in [0, 0.1) is 6.92 Å². The lowest BCUT2D eigenvalue weighted by Crippen LogP contribution is -1.92. The number of halogens is 1.